The first kappa shape index (κ1) is 16.8. The van der Waals surface area contributed by atoms with Crippen molar-refractivity contribution in [2.24, 2.45) is 0 Å². The Labute approximate surface area is 140 Å². The summed E-state index contributed by atoms with van der Waals surface area (Å²) in [6.07, 6.45) is 3.06. The van der Waals surface area contributed by atoms with E-state index in [2.05, 4.69) is 4.98 Å². The SMILES string of the molecule is COCC(=O)N1CC[C@@H]2O[C@H](COCc3csc(C)n3)CC[C@@H]21. The van der Waals surface area contributed by atoms with Gasteiger partial charge in [-0.3, -0.25) is 4.79 Å². The monoisotopic (exact) mass is 340 g/mol. The molecule has 2 saturated heterocycles. The number of methoxy groups -OCH3 is 1. The van der Waals surface area contributed by atoms with Gasteiger partial charge in [-0.15, -0.1) is 11.3 Å². The molecule has 2 fully saturated rings. The normalized spacial score (nSPS) is 27.2. The molecule has 0 spiro atoms. The van der Waals surface area contributed by atoms with Gasteiger partial charge in [-0.2, -0.15) is 0 Å². The molecule has 7 heteroatoms. The second-order valence-electron chi connectivity index (χ2n) is 6.12. The predicted molar refractivity (Wildman–Crippen MR) is 86.4 cm³/mol. The molecule has 1 amide bonds. The van der Waals surface area contributed by atoms with E-state index in [9.17, 15) is 4.79 Å². The maximum atomic E-state index is 12.0. The molecule has 128 valence electrons. The number of likely N-dealkylation sites (tertiary alicyclic amines) is 1. The molecule has 3 atom stereocenters. The van der Waals surface area contributed by atoms with Crippen molar-refractivity contribution in [1.29, 1.82) is 0 Å². The fraction of sp³-hybridized carbons (Fsp3) is 0.750. The van der Waals surface area contributed by atoms with E-state index in [-0.39, 0.29) is 30.8 Å². The van der Waals surface area contributed by atoms with Crippen LogP contribution in [0.25, 0.3) is 0 Å². The lowest BCUT2D eigenvalue weighted by molar-refractivity contribution is -0.142. The van der Waals surface area contributed by atoms with E-state index < -0.39 is 0 Å². The van der Waals surface area contributed by atoms with Crippen LogP contribution in [0.1, 0.15) is 30.0 Å². The summed E-state index contributed by atoms with van der Waals surface area (Å²) in [5, 5.41) is 3.09. The lowest BCUT2D eigenvalue weighted by atomic mass is 9.99. The van der Waals surface area contributed by atoms with E-state index in [0.717, 1.165) is 36.5 Å². The molecule has 0 unspecified atom stereocenters. The molecule has 3 heterocycles. The standard InChI is InChI=1S/C16H24N2O4S/c1-11-17-12(10-23-11)7-21-8-13-3-4-14-15(22-13)5-6-18(14)16(19)9-20-2/h10,13-15H,3-9H2,1-2H3/t13-,14-,15-/m0/s1. The molecule has 0 saturated carbocycles. The van der Waals surface area contributed by atoms with Gasteiger partial charge in [-0.25, -0.2) is 4.98 Å². The minimum atomic E-state index is 0.0669. The lowest BCUT2D eigenvalue weighted by Gasteiger charge is -2.35. The van der Waals surface area contributed by atoms with E-state index >= 15 is 0 Å². The minimum absolute atomic E-state index is 0.0669. The third-order valence-corrected chi connectivity index (χ3v) is 5.27. The number of carbonyl (C=O) groups excluding carboxylic acids is 1. The topological polar surface area (TPSA) is 60.9 Å². The molecular weight excluding hydrogens is 316 g/mol. The first-order valence-corrected chi connectivity index (χ1v) is 8.98. The first-order valence-electron chi connectivity index (χ1n) is 8.10. The Balaban J connectivity index is 1.43. The summed E-state index contributed by atoms with van der Waals surface area (Å²) in [5.74, 6) is 0.0669. The van der Waals surface area contributed by atoms with Crippen LogP contribution >= 0.6 is 11.3 Å². The molecule has 1 aromatic heterocycles. The fourth-order valence-corrected chi connectivity index (χ4v) is 4.00. The summed E-state index contributed by atoms with van der Waals surface area (Å²) in [6, 6.07) is 0.204. The van der Waals surface area contributed by atoms with Crippen molar-refractivity contribution in [1.82, 2.24) is 9.88 Å². The first-order chi connectivity index (χ1) is 11.2. The molecule has 0 aliphatic carbocycles. The third-order valence-electron chi connectivity index (χ3n) is 4.44. The highest BCUT2D eigenvalue weighted by atomic mass is 32.1. The van der Waals surface area contributed by atoms with E-state index in [0.29, 0.717) is 13.2 Å². The highest BCUT2D eigenvalue weighted by Gasteiger charge is 2.41. The Morgan fingerprint density at radius 1 is 1.48 bits per heavy atom. The molecule has 6 nitrogen and oxygen atoms in total. The second-order valence-corrected chi connectivity index (χ2v) is 7.19. The number of thiazole rings is 1. The maximum Gasteiger partial charge on any atom is 0.248 e. The van der Waals surface area contributed by atoms with Crippen molar-refractivity contribution in [3.05, 3.63) is 16.1 Å². The molecule has 23 heavy (non-hydrogen) atoms. The predicted octanol–water partition coefficient (Wildman–Crippen LogP) is 1.76. The van der Waals surface area contributed by atoms with E-state index in [1.165, 1.54) is 0 Å². The number of carbonyl (C=O) groups is 1. The highest BCUT2D eigenvalue weighted by molar-refractivity contribution is 7.09. The number of ether oxygens (including phenoxy) is 3. The van der Waals surface area contributed by atoms with Crippen molar-refractivity contribution in [3.63, 3.8) is 0 Å². The second kappa shape index (κ2) is 7.70. The highest BCUT2D eigenvalue weighted by Crippen LogP contribution is 2.31. The van der Waals surface area contributed by atoms with Crippen LogP contribution in [0.3, 0.4) is 0 Å². The summed E-state index contributed by atoms with van der Waals surface area (Å²) in [4.78, 5) is 18.3. The van der Waals surface area contributed by atoms with Crippen LogP contribution in [-0.2, 0) is 25.6 Å². The van der Waals surface area contributed by atoms with Crippen molar-refractivity contribution in [2.75, 3.05) is 26.9 Å². The number of aromatic nitrogens is 1. The van der Waals surface area contributed by atoms with Crippen LogP contribution in [0.4, 0.5) is 0 Å². The van der Waals surface area contributed by atoms with Crippen molar-refractivity contribution >= 4 is 17.2 Å². The van der Waals surface area contributed by atoms with Gasteiger partial charge < -0.3 is 19.1 Å². The van der Waals surface area contributed by atoms with Crippen LogP contribution in [0.5, 0.6) is 0 Å². The van der Waals surface area contributed by atoms with Crippen LogP contribution in [-0.4, -0.2) is 60.9 Å². The van der Waals surface area contributed by atoms with Gasteiger partial charge in [-0.05, 0) is 26.2 Å². The number of amides is 1. The number of nitrogens with zero attached hydrogens (tertiary/aromatic N) is 2. The molecular formula is C16H24N2O4S. The number of aryl methyl sites for hydroxylation is 1. The maximum absolute atomic E-state index is 12.0. The van der Waals surface area contributed by atoms with Gasteiger partial charge >= 0.3 is 0 Å². The largest absolute Gasteiger partial charge is 0.375 e. The van der Waals surface area contributed by atoms with Crippen molar-refractivity contribution in [3.8, 4) is 0 Å². The van der Waals surface area contributed by atoms with E-state index in [1.54, 1.807) is 18.4 Å². The number of hydrogen-bond acceptors (Lipinski definition) is 6. The van der Waals surface area contributed by atoms with Gasteiger partial charge in [-0.1, -0.05) is 0 Å². The molecule has 1 aromatic rings. The van der Waals surface area contributed by atoms with Gasteiger partial charge in [0.2, 0.25) is 5.91 Å². The smallest absolute Gasteiger partial charge is 0.248 e. The zero-order valence-corrected chi connectivity index (χ0v) is 14.5. The summed E-state index contributed by atoms with van der Waals surface area (Å²) >= 11 is 1.64. The average molecular weight is 340 g/mol. The molecule has 2 aliphatic rings. The van der Waals surface area contributed by atoms with Crippen molar-refractivity contribution in [2.45, 2.75) is 51.0 Å². The van der Waals surface area contributed by atoms with Crippen LogP contribution in [0.15, 0.2) is 5.38 Å². The zero-order valence-electron chi connectivity index (χ0n) is 13.7. The van der Waals surface area contributed by atoms with E-state index in [1.807, 2.05) is 17.2 Å². The Morgan fingerprint density at radius 3 is 3.09 bits per heavy atom. The Morgan fingerprint density at radius 2 is 2.35 bits per heavy atom. The summed E-state index contributed by atoms with van der Waals surface area (Å²) in [5.41, 5.74) is 0.985. The molecule has 3 rings (SSSR count). The zero-order chi connectivity index (χ0) is 16.2. The van der Waals surface area contributed by atoms with Gasteiger partial charge in [0.25, 0.3) is 0 Å². The minimum Gasteiger partial charge on any atom is -0.375 e. The molecule has 0 radical (unpaired) electrons. The lowest BCUT2D eigenvalue weighted by Crippen LogP contribution is -2.46. The van der Waals surface area contributed by atoms with Crippen LogP contribution in [0.2, 0.25) is 0 Å². The quantitative estimate of drug-likeness (QED) is 0.790. The summed E-state index contributed by atoms with van der Waals surface area (Å²) < 4.78 is 16.8. The Kier molecular flexibility index (Phi) is 5.63. The van der Waals surface area contributed by atoms with Crippen LogP contribution in [0, 0.1) is 6.92 Å². The fourth-order valence-electron chi connectivity index (χ4n) is 3.41. The van der Waals surface area contributed by atoms with Gasteiger partial charge in [0, 0.05) is 19.0 Å². The average Bonchev–Trinajstić information content (AvgIpc) is 3.13. The molecule has 0 aromatic carbocycles. The Hall–Kier alpha value is -1.02. The number of rotatable bonds is 6. The van der Waals surface area contributed by atoms with Gasteiger partial charge in [0.05, 0.1) is 42.2 Å². The summed E-state index contributed by atoms with van der Waals surface area (Å²) in [6.45, 7) is 4.05. The van der Waals surface area contributed by atoms with Crippen LogP contribution < -0.4 is 0 Å². The number of fused-ring (bicyclic) bond motifs is 1. The van der Waals surface area contributed by atoms with E-state index in [4.69, 9.17) is 14.2 Å². The summed E-state index contributed by atoms with van der Waals surface area (Å²) in [7, 11) is 1.56. The van der Waals surface area contributed by atoms with Gasteiger partial charge in [0.1, 0.15) is 6.61 Å². The third kappa shape index (κ3) is 4.09. The molecule has 0 N–H and O–H groups in total. The molecule has 2 aliphatic heterocycles. The Bertz CT molecular complexity index is 536. The number of hydrogen-bond donors (Lipinski definition) is 0. The van der Waals surface area contributed by atoms with Gasteiger partial charge in [0.15, 0.2) is 0 Å². The molecule has 0 bridgehead atoms. The van der Waals surface area contributed by atoms with Crippen molar-refractivity contribution < 1.29 is 19.0 Å².